The van der Waals surface area contributed by atoms with Crippen LogP contribution in [-0.2, 0) is 4.74 Å². The predicted molar refractivity (Wildman–Crippen MR) is 55.8 cm³/mol. The number of nitrogens with one attached hydrogen (secondary N) is 1. The van der Waals surface area contributed by atoms with Gasteiger partial charge in [0.15, 0.2) is 5.69 Å². The van der Waals surface area contributed by atoms with E-state index < -0.39 is 5.97 Å². The molecule has 2 aromatic heterocycles. The zero-order valence-electron chi connectivity index (χ0n) is 8.27. The average molecular weight is 223 g/mol. The van der Waals surface area contributed by atoms with Crippen molar-refractivity contribution in [2.45, 2.75) is 6.92 Å². The van der Waals surface area contributed by atoms with Crippen molar-refractivity contribution >= 4 is 17.3 Å². The molecule has 0 aromatic carbocycles. The molecule has 78 valence electrons. The first-order valence-corrected chi connectivity index (χ1v) is 5.14. The molecule has 2 heterocycles. The standard InChI is InChI=1S/C9H9N3O2S/c1-5-8(15-4-10-5)6-3-7(12-11-6)9(13)14-2/h3-4H,1-2H3,(H,11,12). The Labute approximate surface area is 90.1 Å². The number of methoxy groups -OCH3 is 1. The summed E-state index contributed by atoms with van der Waals surface area (Å²) in [6.45, 7) is 1.91. The van der Waals surface area contributed by atoms with E-state index in [0.29, 0.717) is 0 Å². The summed E-state index contributed by atoms with van der Waals surface area (Å²) in [7, 11) is 1.33. The predicted octanol–water partition coefficient (Wildman–Crippen LogP) is 1.63. The Kier molecular flexibility index (Phi) is 2.51. The van der Waals surface area contributed by atoms with Crippen molar-refractivity contribution in [3.05, 3.63) is 23.0 Å². The Morgan fingerprint density at radius 3 is 3.00 bits per heavy atom. The Morgan fingerprint density at radius 2 is 2.40 bits per heavy atom. The summed E-state index contributed by atoms with van der Waals surface area (Å²) in [5.41, 5.74) is 3.74. The Morgan fingerprint density at radius 1 is 1.60 bits per heavy atom. The summed E-state index contributed by atoms with van der Waals surface area (Å²) in [6.07, 6.45) is 0. The summed E-state index contributed by atoms with van der Waals surface area (Å²) in [5, 5.41) is 6.65. The molecule has 0 spiro atoms. The molecule has 6 heteroatoms. The van der Waals surface area contributed by atoms with Gasteiger partial charge in [-0.15, -0.1) is 11.3 Å². The summed E-state index contributed by atoms with van der Waals surface area (Å²) >= 11 is 1.50. The highest BCUT2D eigenvalue weighted by molar-refractivity contribution is 7.13. The van der Waals surface area contributed by atoms with Crippen molar-refractivity contribution in [1.29, 1.82) is 0 Å². The lowest BCUT2D eigenvalue weighted by Crippen LogP contribution is -2.00. The average Bonchev–Trinajstić information content (AvgIpc) is 2.84. The molecule has 2 rings (SSSR count). The third kappa shape index (κ3) is 1.75. The van der Waals surface area contributed by atoms with Gasteiger partial charge >= 0.3 is 5.97 Å². The molecule has 2 aromatic rings. The lowest BCUT2D eigenvalue weighted by molar-refractivity contribution is 0.0594. The van der Waals surface area contributed by atoms with Gasteiger partial charge in [0, 0.05) is 0 Å². The molecular weight excluding hydrogens is 214 g/mol. The fourth-order valence-corrected chi connectivity index (χ4v) is 1.98. The zero-order valence-corrected chi connectivity index (χ0v) is 9.09. The number of hydrogen-bond donors (Lipinski definition) is 1. The molecular formula is C9H9N3O2S. The highest BCUT2D eigenvalue weighted by Crippen LogP contribution is 2.25. The van der Waals surface area contributed by atoms with Gasteiger partial charge in [0.1, 0.15) is 0 Å². The molecule has 0 atom stereocenters. The van der Waals surface area contributed by atoms with Gasteiger partial charge in [-0.2, -0.15) is 5.10 Å². The number of ether oxygens (including phenoxy) is 1. The summed E-state index contributed by atoms with van der Waals surface area (Å²) < 4.78 is 4.56. The summed E-state index contributed by atoms with van der Waals surface area (Å²) in [4.78, 5) is 16.3. The number of esters is 1. The summed E-state index contributed by atoms with van der Waals surface area (Å²) in [5.74, 6) is -0.445. The Bertz CT molecular complexity index is 489. The molecule has 0 saturated heterocycles. The van der Waals surface area contributed by atoms with E-state index in [1.54, 1.807) is 11.6 Å². The number of rotatable bonds is 2. The number of H-pyrrole nitrogens is 1. The third-order valence-electron chi connectivity index (χ3n) is 1.96. The van der Waals surface area contributed by atoms with E-state index in [1.165, 1.54) is 18.4 Å². The van der Waals surface area contributed by atoms with E-state index in [9.17, 15) is 4.79 Å². The SMILES string of the molecule is COC(=O)c1cc(-c2scnc2C)[nH]n1. The van der Waals surface area contributed by atoms with Crippen molar-refractivity contribution in [3.63, 3.8) is 0 Å². The highest BCUT2D eigenvalue weighted by Gasteiger charge is 2.13. The lowest BCUT2D eigenvalue weighted by Gasteiger charge is -1.91. The molecule has 0 aliphatic heterocycles. The van der Waals surface area contributed by atoms with Gasteiger partial charge in [0.05, 0.1) is 28.9 Å². The van der Waals surface area contributed by atoms with E-state index >= 15 is 0 Å². The molecule has 0 amide bonds. The Hall–Kier alpha value is -1.69. The lowest BCUT2D eigenvalue weighted by atomic mass is 10.3. The molecule has 15 heavy (non-hydrogen) atoms. The van der Waals surface area contributed by atoms with Crippen LogP contribution in [0.1, 0.15) is 16.2 Å². The number of aromatic amines is 1. The van der Waals surface area contributed by atoms with Crippen LogP contribution in [0.4, 0.5) is 0 Å². The zero-order chi connectivity index (χ0) is 10.8. The number of hydrogen-bond acceptors (Lipinski definition) is 5. The molecule has 0 aliphatic carbocycles. The fourth-order valence-electron chi connectivity index (χ4n) is 1.21. The molecule has 0 bridgehead atoms. The second-order valence-electron chi connectivity index (χ2n) is 2.93. The first-order chi connectivity index (χ1) is 7.22. The van der Waals surface area contributed by atoms with E-state index in [0.717, 1.165) is 16.3 Å². The number of aromatic nitrogens is 3. The number of carbonyl (C=O) groups excluding carboxylic acids is 1. The molecule has 0 fully saturated rings. The van der Waals surface area contributed by atoms with Crippen molar-refractivity contribution in [1.82, 2.24) is 15.2 Å². The minimum absolute atomic E-state index is 0.278. The molecule has 0 saturated carbocycles. The first-order valence-electron chi connectivity index (χ1n) is 4.26. The molecule has 0 unspecified atom stereocenters. The van der Waals surface area contributed by atoms with Crippen LogP contribution in [0.25, 0.3) is 10.6 Å². The van der Waals surface area contributed by atoms with Crippen LogP contribution < -0.4 is 0 Å². The van der Waals surface area contributed by atoms with Gasteiger partial charge in [0.2, 0.25) is 0 Å². The first kappa shape index (κ1) is 9.85. The second kappa shape index (κ2) is 3.82. The smallest absolute Gasteiger partial charge is 0.358 e. The van der Waals surface area contributed by atoms with Crippen molar-refractivity contribution < 1.29 is 9.53 Å². The third-order valence-corrected chi connectivity index (χ3v) is 2.92. The van der Waals surface area contributed by atoms with Gasteiger partial charge in [0.25, 0.3) is 0 Å². The number of nitrogens with zero attached hydrogens (tertiary/aromatic N) is 2. The van der Waals surface area contributed by atoms with Gasteiger partial charge < -0.3 is 4.74 Å². The van der Waals surface area contributed by atoms with Gasteiger partial charge in [-0.3, -0.25) is 5.10 Å². The second-order valence-corrected chi connectivity index (χ2v) is 3.78. The minimum atomic E-state index is -0.445. The summed E-state index contributed by atoms with van der Waals surface area (Å²) in [6, 6.07) is 1.66. The number of thiazole rings is 1. The van der Waals surface area contributed by atoms with Crippen LogP contribution >= 0.6 is 11.3 Å². The van der Waals surface area contributed by atoms with Crippen molar-refractivity contribution in [2.24, 2.45) is 0 Å². The molecule has 5 nitrogen and oxygen atoms in total. The number of carbonyl (C=O) groups is 1. The van der Waals surface area contributed by atoms with E-state index in [1.807, 2.05) is 6.92 Å². The van der Waals surface area contributed by atoms with E-state index in [2.05, 4.69) is 19.9 Å². The van der Waals surface area contributed by atoms with Crippen molar-refractivity contribution in [2.75, 3.05) is 7.11 Å². The maximum Gasteiger partial charge on any atom is 0.358 e. The quantitative estimate of drug-likeness (QED) is 0.786. The van der Waals surface area contributed by atoms with E-state index in [-0.39, 0.29) is 5.69 Å². The van der Waals surface area contributed by atoms with Crippen LogP contribution in [0.3, 0.4) is 0 Å². The van der Waals surface area contributed by atoms with E-state index in [4.69, 9.17) is 0 Å². The van der Waals surface area contributed by atoms with Crippen LogP contribution in [0.5, 0.6) is 0 Å². The molecule has 1 N–H and O–H groups in total. The van der Waals surface area contributed by atoms with Gasteiger partial charge in [-0.05, 0) is 13.0 Å². The van der Waals surface area contributed by atoms with Crippen LogP contribution in [0.2, 0.25) is 0 Å². The minimum Gasteiger partial charge on any atom is -0.464 e. The maximum absolute atomic E-state index is 11.2. The van der Waals surface area contributed by atoms with Crippen molar-refractivity contribution in [3.8, 4) is 10.6 Å². The van der Waals surface area contributed by atoms with Crippen LogP contribution in [-0.4, -0.2) is 28.3 Å². The molecule has 0 aliphatic rings. The largest absolute Gasteiger partial charge is 0.464 e. The monoisotopic (exact) mass is 223 g/mol. The highest BCUT2D eigenvalue weighted by atomic mass is 32.1. The van der Waals surface area contributed by atoms with Crippen LogP contribution in [0, 0.1) is 6.92 Å². The Balaban J connectivity index is 2.36. The normalized spacial score (nSPS) is 10.3. The van der Waals surface area contributed by atoms with Gasteiger partial charge in [-0.25, -0.2) is 9.78 Å². The number of aryl methyl sites for hydroxylation is 1. The van der Waals surface area contributed by atoms with Crippen LogP contribution in [0.15, 0.2) is 11.6 Å². The topological polar surface area (TPSA) is 67.9 Å². The van der Waals surface area contributed by atoms with Gasteiger partial charge in [-0.1, -0.05) is 0 Å². The fraction of sp³-hybridized carbons (Fsp3) is 0.222. The maximum atomic E-state index is 11.2. The molecule has 0 radical (unpaired) electrons.